The molecular formula is C23H20ClN7O3S. The number of pyridine rings is 1. The van der Waals surface area contributed by atoms with Gasteiger partial charge in [-0.2, -0.15) is 0 Å². The molecule has 0 atom stereocenters. The van der Waals surface area contributed by atoms with Crippen molar-refractivity contribution in [3.8, 4) is 11.1 Å². The Morgan fingerprint density at radius 2 is 1.86 bits per heavy atom. The third-order valence-corrected chi connectivity index (χ3v) is 6.66. The number of carbonyl (C=O) groups is 1. The molecule has 0 saturated carbocycles. The van der Waals surface area contributed by atoms with Crippen molar-refractivity contribution >= 4 is 55.9 Å². The van der Waals surface area contributed by atoms with Crippen molar-refractivity contribution in [1.82, 2.24) is 20.3 Å². The van der Waals surface area contributed by atoms with Crippen LogP contribution >= 0.6 is 11.6 Å². The molecule has 1 saturated heterocycles. The van der Waals surface area contributed by atoms with E-state index in [1.807, 2.05) is 23.1 Å². The summed E-state index contributed by atoms with van der Waals surface area (Å²) in [6, 6.07) is 13.4. The van der Waals surface area contributed by atoms with Gasteiger partial charge in [0.2, 0.25) is 21.9 Å². The predicted molar refractivity (Wildman–Crippen MR) is 134 cm³/mol. The van der Waals surface area contributed by atoms with Gasteiger partial charge in [-0.1, -0.05) is 11.6 Å². The number of hydrogen-bond donors (Lipinski definition) is 3. The fourth-order valence-corrected chi connectivity index (χ4v) is 4.55. The number of carbonyl (C=O) groups excluding carboxylic acids is 1. The summed E-state index contributed by atoms with van der Waals surface area (Å²) in [5.74, 6) is 1.02. The minimum Gasteiger partial charge on any atom is -0.353 e. The van der Waals surface area contributed by atoms with Crippen molar-refractivity contribution in [3.63, 3.8) is 0 Å². The Balaban J connectivity index is 1.46. The molecule has 2 aromatic carbocycles. The summed E-state index contributed by atoms with van der Waals surface area (Å²) in [4.78, 5) is 27.2. The van der Waals surface area contributed by atoms with Crippen LogP contribution in [0.1, 0.15) is 0 Å². The van der Waals surface area contributed by atoms with E-state index in [1.54, 1.807) is 30.6 Å². The molecule has 0 radical (unpaired) electrons. The van der Waals surface area contributed by atoms with Gasteiger partial charge in [-0.3, -0.25) is 4.79 Å². The molecule has 1 aliphatic heterocycles. The molecule has 4 N–H and O–H groups in total. The molecule has 0 spiro atoms. The van der Waals surface area contributed by atoms with Crippen LogP contribution < -0.4 is 20.7 Å². The third kappa shape index (κ3) is 5.02. The van der Waals surface area contributed by atoms with Crippen molar-refractivity contribution in [2.75, 3.05) is 29.9 Å². The number of sulfonamides is 1. The number of benzene rings is 2. The number of halogens is 1. The fraction of sp³-hybridized carbons (Fsp3) is 0.130. The monoisotopic (exact) mass is 509 g/mol. The smallest absolute Gasteiger partial charge is 0.239 e. The van der Waals surface area contributed by atoms with E-state index in [9.17, 15) is 13.2 Å². The number of nitrogens with one attached hydrogen (secondary N) is 2. The first-order valence-corrected chi connectivity index (χ1v) is 12.5. The maximum Gasteiger partial charge on any atom is 0.239 e. The van der Waals surface area contributed by atoms with Crippen LogP contribution in [0.25, 0.3) is 22.0 Å². The van der Waals surface area contributed by atoms with E-state index >= 15 is 0 Å². The molecule has 35 heavy (non-hydrogen) atoms. The van der Waals surface area contributed by atoms with Crippen molar-refractivity contribution in [3.05, 3.63) is 65.9 Å². The van der Waals surface area contributed by atoms with E-state index in [0.29, 0.717) is 35.3 Å². The summed E-state index contributed by atoms with van der Waals surface area (Å²) in [6.07, 6.45) is 3.39. The van der Waals surface area contributed by atoms with E-state index in [2.05, 4.69) is 25.6 Å². The summed E-state index contributed by atoms with van der Waals surface area (Å²) in [5.41, 5.74) is 2.85. The first-order valence-electron chi connectivity index (χ1n) is 10.6. The van der Waals surface area contributed by atoms with Gasteiger partial charge in [0.05, 0.1) is 17.0 Å². The van der Waals surface area contributed by atoms with E-state index < -0.39 is 10.0 Å². The molecule has 2 aromatic heterocycles. The predicted octanol–water partition coefficient (Wildman–Crippen LogP) is 2.67. The highest BCUT2D eigenvalue weighted by Gasteiger charge is 2.18. The number of rotatable bonds is 5. The lowest BCUT2D eigenvalue weighted by molar-refractivity contribution is -0.120. The normalized spacial score (nSPS) is 14.1. The largest absolute Gasteiger partial charge is 0.353 e. The Labute approximate surface area is 206 Å². The summed E-state index contributed by atoms with van der Waals surface area (Å²) in [7, 11) is -3.77. The van der Waals surface area contributed by atoms with Gasteiger partial charge in [0, 0.05) is 52.7 Å². The van der Waals surface area contributed by atoms with Gasteiger partial charge in [0.25, 0.3) is 0 Å². The number of nitrogens with zero attached hydrogens (tertiary/aromatic N) is 4. The maximum absolute atomic E-state index is 11.7. The number of piperazine rings is 1. The first-order chi connectivity index (χ1) is 16.8. The van der Waals surface area contributed by atoms with E-state index in [4.69, 9.17) is 16.7 Å². The SMILES string of the molecule is NS(=O)(=O)c1ccc(Nc2ncc3cc(Cl)cc(-c4ccc(N5CCNC(=O)C5)nc4)c3n2)cc1. The van der Waals surface area contributed by atoms with E-state index in [-0.39, 0.29) is 17.3 Å². The van der Waals surface area contributed by atoms with Crippen molar-refractivity contribution in [1.29, 1.82) is 0 Å². The van der Waals surface area contributed by atoms with Crippen LogP contribution in [0.5, 0.6) is 0 Å². The van der Waals surface area contributed by atoms with Crippen molar-refractivity contribution in [2.45, 2.75) is 4.90 Å². The van der Waals surface area contributed by atoms with Gasteiger partial charge >= 0.3 is 0 Å². The molecule has 0 unspecified atom stereocenters. The maximum atomic E-state index is 11.7. The number of fused-ring (bicyclic) bond motifs is 1. The molecule has 0 aliphatic carbocycles. The molecule has 3 heterocycles. The average Bonchev–Trinajstić information content (AvgIpc) is 2.84. The van der Waals surface area contributed by atoms with Gasteiger partial charge in [0.15, 0.2) is 0 Å². The molecule has 4 aromatic rings. The lowest BCUT2D eigenvalue weighted by Crippen LogP contribution is -2.48. The summed E-state index contributed by atoms with van der Waals surface area (Å²) in [5, 5.41) is 12.3. The van der Waals surface area contributed by atoms with Gasteiger partial charge in [-0.05, 0) is 48.5 Å². The molecule has 10 nitrogen and oxygen atoms in total. The van der Waals surface area contributed by atoms with Crippen LogP contribution in [-0.4, -0.2) is 48.9 Å². The van der Waals surface area contributed by atoms with E-state index in [0.717, 1.165) is 22.3 Å². The lowest BCUT2D eigenvalue weighted by atomic mass is 10.0. The topological polar surface area (TPSA) is 143 Å². The quantitative estimate of drug-likeness (QED) is 0.372. The van der Waals surface area contributed by atoms with Crippen molar-refractivity contribution in [2.24, 2.45) is 5.14 Å². The fourth-order valence-electron chi connectivity index (χ4n) is 3.81. The number of amides is 1. The Kier molecular flexibility index (Phi) is 5.97. The standard InChI is InChI=1S/C23H20ClN7O3S/c24-16-9-15-12-28-23(29-17-2-4-18(5-3-17)35(25,33)34)30-22(15)19(10-16)14-1-6-20(27-11-14)31-8-7-26-21(32)13-31/h1-6,9-12H,7-8,13H2,(H,26,32)(H2,25,33,34)(H,28,29,30). The number of hydrogen-bond acceptors (Lipinski definition) is 8. The molecule has 1 aliphatic rings. The van der Waals surface area contributed by atoms with Crippen LogP contribution in [0.15, 0.2) is 65.8 Å². The average molecular weight is 510 g/mol. The minimum atomic E-state index is -3.77. The zero-order chi connectivity index (χ0) is 24.6. The number of nitrogens with two attached hydrogens (primary N) is 1. The Hall–Kier alpha value is -3.80. The second-order valence-electron chi connectivity index (χ2n) is 7.96. The highest BCUT2D eigenvalue weighted by atomic mass is 35.5. The molecule has 12 heteroatoms. The second-order valence-corrected chi connectivity index (χ2v) is 9.95. The van der Waals surface area contributed by atoms with Gasteiger partial charge in [-0.25, -0.2) is 28.5 Å². The lowest BCUT2D eigenvalue weighted by Gasteiger charge is -2.27. The molecule has 0 bridgehead atoms. The second kappa shape index (κ2) is 9.10. The third-order valence-electron chi connectivity index (χ3n) is 5.51. The summed E-state index contributed by atoms with van der Waals surface area (Å²) in [6.45, 7) is 1.55. The summed E-state index contributed by atoms with van der Waals surface area (Å²) >= 11 is 6.36. The molecule has 1 fully saturated rings. The Bertz CT molecular complexity index is 1530. The highest BCUT2D eigenvalue weighted by molar-refractivity contribution is 7.89. The zero-order valence-electron chi connectivity index (χ0n) is 18.3. The number of aromatic nitrogens is 3. The Morgan fingerprint density at radius 1 is 1.06 bits per heavy atom. The number of primary sulfonamides is 1. The molecule has 5 rings (SSSR count). The van der Waals surface area contributed by atoms with Crippen molar-refractivity contribution < 1.29 is 13.2 Å². The zero-order valence-corrected chi connectivity index (χ0v) is 19.8. The van der Waals surface area contributed by atoms with E-state index in [1.165, 1.54) is 12.1 Å². The van der Waals surface area contributed by atoms with Crippen LogP contribution in [0, 0.1) is 0 Å². The molecule has 1 amide bonds. The van der Waals surface area contributed by atoms with Crippen LogP contribution in [-0.2, 0) is 14.8 Å². The van der Waals surface area contributed by atoms with Crippen LogP contribution in [0.3, 0.4) is 0 Å². The van der Waals surface area contributed by atoms with Crippen LogP contribution in [0.4, 0.5) is 17.5 Å². The molecular weight excluding hydrogens is 490 g/mol. The highest BCUT2D eigenvalue weighted by Crippen LogP contribution is 2.32. The van der Waals surface area contributed by atoms with Gasteiger partial charge in [0.1, 0.15) is 5.82 Å². The van der Waals surface area contributed by atoms with Gasteiger partial charge in [-0.15, -0.1) is 0 Å². The minimum absolute atomic E-state index is 0.0144. The number of anilines is 3. The van der Waals surface area contributed by atoms with Gasteiger partial charge < -0.3 is 15.5 Å². The first kappa shape index (κ1) is 23.0. The Morgan fingerprint density at radius 3 is 2.54 bits per heavy atom. The summed E-state index contributed by atoms with van der Waals surface area (Å²) < 4.78 is 22.9. The molecule has 178 valence electrons. The van der Waals surface area contributed by atoms with Crippen LogP contribution in [0.2, 0.25) is 5.02 Å².